The number of hydrogen-bond acceptors (Lipinski definition) is 3. The van der Waals surface area contributed by atoms with Gasteiger partial charge in [-0.2, -0.15) is 0 Å². The predicted molar refractivity (Wildman–Crippen MR) is 58.3 cm³/mol. The highest BCUT2D eigenvalue weighted by atomic mass is 79.9. The van der Waals surface area contributed by atoms with Gasteiger partial charge in [-0.15, -0.1) is 11.3 Å². The van der Waals surface area contributed by atoms with Crippen LogP contribution in [0.4, 0.5) is 0 Å². The van der Waals surface area contributed by atoms with E-state index in [1.807, 2.05) is 17.0 Å². The lowest BCUT2D eigenvalue weighted by Gasteiger charge is -2.26. The van der Waals surface area contributed by atoms with Gasteiger partial charge in [-0.3, -0.25) is 4.79 Å². The maximum Gasteiger partial charge on any atom is 0.248 e. The molecule has 1 aliphatic heterocycles. The largest absolute Gasteiger partial charge is 0.370 e. The normalized spacial score (nSPS) is 17.5. The minimum absolute atomic E-state index is 0.0840. The van der Waals surface area contributed by atoms with E-state index < -0.39 is 0 Å². The van der Waals surface area contributed by atoms with Gasteiger partial charge in [0.2, 0.25) is 5.91 Å². The summed E-state index contributed by atoms with van der Waals surface area (Å²) in [5.74, 6) is 0.0840. The van der Waals surface area contributed by atoms with Crippen LogP contribution in [-0.2, 0) is 16.1 Å². The Morgan fingerprint density at radius 3 is 3.07 bits per heavy atom. The lowest BCUT2D eigenvalue weighted by Crippen LogP contribution is -2.40. The summed E-state index contributed by atoms with van der Waals surface area (Å²) in [4.78, 5) is 14.4. The van der Waals surface area contributed by atoms with Crippen molar-refractivity contribution in [1.82, 2.24) is 4.90 Å². The van der Waals surface area contributed by atoms with Crippen LogP contribution in [0.1, 0.15) is 4.88 Å². The van der Waals surface area contributed by atoms with Crippen molar-refractivity contribution in [1.29, 1.82) is 0 Å². The molecule has 76 valence electrons. The number of hydrogen-bond donors (Lipinski definition) is 0. The quantitative estimate of drug-likeness (QED) is 0.825. The number of carbonyl (C=O) groups is 1. The Morgan fingerprint density at radius 2 is 2.43 bits per heavy atom. The van der Waals surface area contributed by atoms with Crippen LogP contribution in [0.15, 0.2) is 15.9 Å². The molecule has 2 rings (SSSR count). The molecule has 0 atom stereocenters. The molecule has 1 saturated heterocycles. The third-order valence-electron chi connectivity index (χ3n) is 2.06. The number of thiophene rings is 1. The van der Waals surface area contributed by atoms with Gasteiger partial charge in [-0.1, -0.05) is 0 Å². The highest BCUT2D eigenvalue weighted by Gasteiger charge is 2.18. The van der Waals surface area contributed by atoms with Crippen LogP contribution in [0.3, 0.4) is 0 Å². The van der Waals surface area contributed by atoms with E-state index in [1.165, 1.54) is 4.88 Å². The lowest BCUT2D eigenvalue weighted by atomic mass is 10.3. The Labute approximate surface area is 94.8 Å². The number of nitrogens with zero attached hydrogens (tertiary/aromatic N) is 1. The number of carbonyl (C=O) groups excluding carboxylic acids is 1. The number of morpholine rings is 1. The van der Waals surface area contributed by atoms with E-state index in [0.29, 0.717) is 19.7 Å². The van der Waals surface area contributed by atoms with E-state index >= 15 is 0 Å². The minimum Gasteiger partial charge on any atom is -0.370 e. The smallest absolute Gasteiger partial charge is 0.248 e. The standard InChI is InChI=1S/C9H10BrNO2S/c10-8-2-1-7(14-8)5-11-3-4-13-6-9(11)12/h1-2H,3-6H2. The average molecular weight is 276 g/mol. The Morgan fingerprint density at radius 1 is 1.57 bits per heavy atom. The van der Waals surface area contributed by atoms with Crippen LogP contribution < -0.4 is 0 Å². The van der Waals surface area contributed by atoms with Gasteiger partial charge in [0.1, 0.15) is 6.61 Å². The molecule has 1 aliphatic rings. The first-order valence-electron chi connectivity index (χ1n) is 4.35. The fourth-order valence-electron chi connectivity index (χ4n) is 1.34. The Bertz CT molecular complexity index is 339. The SMILES string of the molecule is O=C1COCCN1Cc1ccc(Br)s1. The predicted octanol–water partition coefficient (Wildman–Crippen LogP) is 1.87. The Balaban J connectivity index is 1.99. The van der Waals surface area contributed by atoms with Gasteiger partial charge in [0.15, 0.2) is 0 Å². The number of halogens is 1. The van der Waals surface area contributed by atoms with Gasteiger partial charge in [-0.25, -0.2) is 0 Å². The van der Waals surface area contributed by atoms with Crippen molar-refractivity contribution in [3.8, 4) is 0 Å². The molecule has 0 aliphatic carbocycles. The van der Waals surface area contributed by atoms with Gasteiger partial charge >= 0.3 is 0 Å². The number of amides is 1. The number of ether oxygens (including phenoxy) is 1. The fourth-order valence-corrected chi connectivity index (χ4v) is 2.84. The van der Waals surface area contributed by atoms with E-state index in [0.717, 1.165) is 3.79 Å². The van der Waals surface area contributed by atoms with E-state index in [-0.39, 0.29) is 12.5 Å². The molecule has 1 aromatic heterocycles. The molecule has 5 heteroatoms. The van der Waals surface area contributed by atoms with Crippen molar-refractivity contribution in [2.45, 2.75) is 6.54 Å². The molecular formula is C9H10BrNO2S. The zero-order valence-corrected chi connectivity index (χ0v) is 9.94. The molecule has 0 aromatic carbocycles. The van der Waals surface area contributed by atoms with Crippen LogP contribution >= 0.6 is 27.3 Å². The molecule has 0 spiro atoms. The van der Waals surface area contributed by atoms with E-state index in [4.69, 9.17) is 4.74 Å². The summed E-state index contributed by atoms with van der Waals surface area (Å²) in [6.45, 7) is 2.29. The molecular weight excluding hydrogens is 266 g/mol. The summed E-state index contributed by atoms with van der Waals surface area (Å²) in [5, 5.41) is 0. The molecule has 0 unspecified atom stereocenters. The topological polar surface area (TPSA) is 29.5 Å². The van der Waals surface area contributed by atoms with Crippen molar-refractivity contribution in [3.63, 3.8) is 0 Å². The third-order valence-corrected chi connectivity index (χ3v) is 3.67. The van der Waals surface area contributed by atoms with Crippen LogP contribution in [-0.4, -0.2) is 30.6 Å². The summed E-state index contributed by atoms with van der Waals surface area (Å²) in [6.07, 6.45) is 0. The fraction of sp³-hybridized carbons (Fsp3) is 0.444. The summed E-state index contributed by atoms with van der Waals surface area (Å²) >= 11 is 5.07. The van der Waals surface area contributed by atoms with Crippen LogP contribution in [0.5, 0.6) is 0 Å². The zero-order valence-electron chi connectivity index (χ0n) is 7.53. The van der Waals surface area contributed by atoms with Crippen molar-refractivity contribution in [2.24, 2.45) is 0 Å². The van der Waals surface area contributed by atoms with Crippen LogP contribution in [0, 0.1) is 0 Å². The first-order chi connectivity index (χ1) is 6.75. The molecule has 14 heavy (non-hydrogen) atoms. The van der Waals surface area contributed by atoms with Gasteiger partial charge < -0.3 is 9.64 Å². The summed E-state index contributed by atoms with van der Waals surface area (Å²) in [5.41, 5.74) is 0. The second-order valence-corrected chi connectivity index (χ2v) is 5.62. The van der Waals surface area contributed by atoms with Crippen molar-refractivity contribution < 1.29 is 9.53 Å². The molecule has 0 N–H and O–H groups in total. The zero-order chi connectivity index (χ0) is 9.97. The van der Waals surface area contributed by atoms with Gasteiger partial charge in [0.05, 0.1) is 16.9 Å². The van der Waals surface area contributed by atoms with E-state index in [1.54, 1.807) is 11.3 Å². The van der Waals surface area contributed by atoms with Crippen molar-refractivity contribution in [2.75, 3.05) is 19.8 Å². The van der Waals surface area contributed by atoms with E-state index in [2.05, 4.69) is 15.9 Å². The summed E-state index contributed by atoms with van der Waals surface area (Å²) in [6, 6.07) is 4.04. The Kier molecular flexibility index (Phi) is 3.20. The van der Waals surface area contributed by atoms with E-state index in [9.17, 15) is 4.79 Å². The van der Waals surface area contributed by atoms with Gasteiger partial charge in [-0.05, 0) is 28.1 Å². The second kappa shape index (κ2) is 4.42. The molecule has 1 fully saturated rings. The first kappa shape index (κ1) is 10.1. The van der Waals surface area contributed by atoms with Crippen molar-refractivity contribution >= 4 is 33.2 Å². The maximum atomic E-state index is 11.4. The third kappa shape index (κ3) is 2.34. The lowest BCUT2D eigenvalue weighted by molar-refractivity contribution is -0.143. The van der Waals surface area contributed by atoms with Crippen molar-refractivity contribution in [3.05, 3.63) is 20.8 Å². The average Bonchev–Trinajstić information content (AvgIpc) is 2.56. The molecule has 1 aromatic rings. The molecule has 2 heterocycles. The molecule has 1 amide bonds. The Hall–Kier alpha value is -0.390. The molecule has 3 nitrogen and oxygen atoms in total. The second-order valence-electron chi connectivity index (χ2n) is 3.07. The highest BCUT2D eigenvalue weighted by molar-refractivity contribution is 9.11. The number of rotatable bonds is 2. The van der Waals surface area contributed by atoms with Gasteiger partial charge in [0.25, 0.3) is 0 Å². The molecule has 0 saturated carbocycles. The van der Waals surface area contributed by atoms with Crippen LogP contribution in [0.2, 0.25) is 0 Å². The molecule has 0 bridgehead atoms. The first-order valence-corrected chi connectivity index (χ1v) is 5.96. The highest BCUT2D eigenvalue weighted by Crippen LogP contribution is 2.23. The maximum absolute atomic E-state index is 11.4. The molecule has 0 radical (unpaired) electrons. The van der Waals surface area contributed by atoms with Gasteiger partial charge in [0, 0.05) is 11.4 Å². The summed E-state index contributed by atoms with van der Waals surface area (Å²) in [7, 11) is 0. The summed E-state index contributed by atoms with van der Waals surface area (Å²) < 4.78 is 6.16. The van der Waals surface area contributed by atoms with Crippen LogP contribution in [0.25, 0.3) is 0 Å². The monoisotopic (exact) mass is 275 g/mol. The minimum atomic E-state index is 0.0840.